The average molecular weight is 176 g/mol. The second-order valence-electron chi connectivity index (χ2n) is 2.44. The van der Waals surface area contributed by atoms with E-state index in [2.05, 4.69) is 11.7 Å². The fourth-order valence-electron chi connectivity index (χ4n) is 0.826. The Labute approximate surface area is 67.1 Å². The van der Waals surface area contributed by atoms with Crippen LogP contribution in [0.3, 0.4) is 0 Å². The SMILES string of the molecule is C=C(C)c1cn[nH]c1C(F)(F)F. The molecule has 66 valence electrons. The molecule has 0 aliphatic heterocycles. The van der Waals surface area contributed by atoms with E-state index in [4.69, 9.17) is 0 Å². The van der Waals surface area contributed by atoms with Crippen molar-refractivity contribution in [2.75, 3.05) is 0 Å². The summed E-state index contributed by atoms with van der Waals surface area (Å²) >= 11 is 0. The molecule has 1 aromatic heterocycles. The molecule has 0 aromatic carbocycles. The van der Waals surface area contributed by atoms with E-state index in [9.17, 15) is 13.2 Å². The summed E-state index contributed by atoms with van der Waals surface area (Å²) in [6.07, 6.45) is -3.27. The van der Waals surface area contributed by atoms with Crippen LogP contribution in [0, 0.1) is 0 Å². The number of H-pyrrole nitrogens is 1. The van der Waals surface area contributed by atoms with Crippen molar-refractivity contribution in [3.05, 3.63) is 24.0 Å². The zero-order valence-electron chi connectivity index (χ0n) is 6.37. The van der Waals surface area contributed by atoms with Gasteiger partial charge in [0.2, 0.25) is 0 Å². The first-order chi connectivity index (χ1) is 5.43. The van der Waals surface area contributed by atoms with E-state index in [0.29, 0.717) is 5.57 Å². The maximum Gasteiger partial charge on any atom is 0.433 e. The van der Waals surface area contributed by atoms with Crippen molar-refractivity contribution in [1.29, 1.82) is 0 Å². The second-order valence-corrected chi connectivity index (χ2v) is 2.44. The molecule has 1 N–H and O–H groups in total. The van der Waals surface area contributed by atoms with Gasteiger partial charge < -0.3 is 0 Å². The summed E-state index contributed by atoms with van der Waals surface area (Å²) in [5.74, 6) is 0. The van der Waals surface area contributed by atoms with Crippen LogP contribution in [0.15, 0.2) is 12.8 Å². The van der Waals surface area contributed by atoms with Crippen LogP contribution in [-0.2, 0) is 6.18 Å². The van der Waals surface area contributed by atoms with Gasteiger partial charge in [0.25, 0.3) is 0 Å². The number of aromatic amines is 1. The summed E-state index contributed by atoms with van der Waals surface area (Å²) in [5.41, 5.74) is -0.478. The number of nitrogens with zero attached hydrogens (tertiary/aromatic N) is 1. The summed E-state index contributed by atoms with van der Waals surface area (Å²) in [7, 11) is 0. The molecule has 0 aliphatic carbocycles. The van der Waals surface area contributed by atoms with Gasteiger partial charge in [0.05, 0.1) is 6.20 Å². The Kier molecular flexibility index (Phi) is 1.95. The van der Waals surface area contributed by atoms with E-state index in [0.717, 1.165) is 6.20 Å². The highest BCUT2D eigenvalue weighted by Gasteiger charge is 2.35. The first-order valence-electron chi connectivity index (χ1n) is 3.19. The highest BCUT2D eigenvalue weighted by molar-refractivity contribution is 5.62. The van der Waals surface area contributed by atoms with Crippen molar-refractivity contribution < 1.29 is 13.2 Å². The topological polar surface area (TPSA) is 28.7 Å². The Morgan fingerprint density at radius 2 is 2.17 bits per heavy atom. The van der Waals surface area contributed by atoms with Gasteiger partial charge >= 0.3 is 6.18 Å². The second kappa shape index (κ2) is 2.66. The van der Waals surface area contributed by atoms with E-state index in [1.54, 1.807) is 0 Å². The van der Waals surface area contributed by atoms with E-state index < -0.39 is 11.9 Å². The van der Waals surface area contributed by atoms with Crippen LogP contribution in [-0.4, -0.2) is 10.2 Å². The number of alkyl halides is 3. The number of hydrogen-bond donors (Lipinski definition) is 1. The van der Waals surface area contributed by atoms with Gasteiger partial charge in [0, 0.05) is 5.56 Å². The third kappa shape index (κ3) is 1.49. The minimum Gasteiger partial charge on any atom is -0.273 e. The third-order valence-electron chi connectivity index (χ3n) is 1.38. The smallest absolute Gasteiger partial charge is 0.273 e. The van der Waals surface area contributed by atoms with E-state index >= 15 is 0 Å². The van der Waals surface area contributed by atoms with Gasteiger partial charge in [-0.15, -0.1) is 0 Å². The van der Waals surface area contributed by atoms with E-state index in [1.165, 1.54) is 6.92 Å². The van der Waals surface area contributed by atoms with Gasteiger partial charge in [-0.25, -0.2) is 0 Å². The fourth-order valence-corrected chi connectivity index (χ4v) is 0.826. The van der Waals surface area contributed by atoms with Gasteiger partial charge in [-0.05, 0) is 12.5 Å². The molecule has 0 aliphatic rings. The zero-order valence-corrected chi connectivity index (χ0v) is 6.37. The van der Waals surface area contributed by atoms with Crippen LogP contribution in [0.1, 0.15) is 18.2 Å². The molecule has 1 heterocycles. The number of nitrogens with one attached hydrogen (secondary N) is 1. The van der Waals surface area contributed by atoms with Gasteiger partial charge in [0.15, 0.2) is 0 Å². The fraction of sp³-hybridized carbons (Fsp3) is 0.286. The monoisotopic (exact) mass is 176 g/mol. The number of aromatic nitrogens is 2. The van der Waals surface area contributed by atoms with Gasteiger partial charge in [-0.1, -0.05) is 6.58 Å². The molecule has 2 nitrogen and oxygen atoms in total. The molecule has 0 radical (unpaired) electrons. The van der Waals surface area contributed by atoms with Crippen LogP contribution in [0.5, 0.6) is 0 Å². The predicted molar refractivity (Wildman–Crippen MR) is 38.3 cm³/mol. The van der Waals surface area contributed by atoms with Crippen molar-refractivity contribution in [1.82, 2.24) is 10.2 Å². The molecule has 0 amide bonds. The first-order valence-corrected chi connectivity index (χ1v) is 3.19. The first kappa shape index (κ1) is 8.83. The van der Waals surface area contributed by atoms with Crippen LogP contribution in [0.25, 0.3) is 5.57 Å². The molecule has 0 fully saturated rings. The number of rotatable bonds is 1. The largest absolute Gasteiger partial charge is 0.433 e. The van der Waals surface area contributed by atoms with Crippen molar-refractivity contribution in [2.24, 2.45) is 0 Å². The molecule has 5 heteroatoms. The van der Waals surface area contributed by atoms with Crippen molar-refractivity contribution in [3.8, 4) is 0 Å². The Hall–Kier alpha value is -1.26. The molecule has 12 heavy (non-hydrogen) atoms. The van der Waals surface area contributed by atoms with Crippen molar-refractivity contribution >= 4 is 5.57 Å². The van der Waals surface area contributed by atoms with E-state index in [-0.39, 0.29) is 5.56 Å². The molecule has 0 atom stereocenters. The van der Waals surface area contributed by atoms with Crippen LogP contribution >= 0.6 is 0 Å². The summed E-state index contributed by atoms with van der Waals surface area (Å²) in [4.78, 5) is 0. The van der Waals surface area contributed by atoms with Crippen molar-refractivity contribution in [3.63, 3.8) is 0 Å². The molecular weight excluding hydrogens is 169 g/mol. The minimum atomic E-state index is -4.38. The molecule has 0 spiro atoms. The van der Waals surface area contributed by atoms with Crippen molar-refractivity contribution in [2.45, 2.75) is 13.1 Å². The molecular formula is C7H7F3N2. The molecule has 1 rings (SSSR count). The Morgan fingerprint density at radius 3 is 2.50 bits per heavy atom. The normalized spacial score (nSPS) is 11.7. The zero-order chi connectivity index (χ0) is 9.35. The summed E-state index contributed by atoms with van der Waals surface area (Å²) in [6.45, 7) is 4.91. The summed E-state index contributed by atoms with van der Waals surface area (Å²) in [5, 5.41) is 5.20. The lowest BCUT2D eigenvalue weighted by Crippen LogP contribution is -2.07. The number of halogens is 3. The lowest BCUT2D eigenvalue weighted by molar-refractivity contribution is -0.141. The quantitative estimate of drug-likeness (QED) is 0.699. The minimum absolute atomic E-state index is 0.0162. The molecule has 1 aromatic rings. The lowest BCUT2D eigenvalue weighted by Gasteiger charge is -2.05. The van der Waals surface area contributed by atoms with Crippen LogP contribution < -0.4 is 0 Å². The van der Waals surface area contributed by atoms with E-state index in [1.807, 2.05) is 5.10 Å². The maximum absolute atomic E-state index is 12.1. The Morgan fingerprint density at radius 1 is 1.58 bits per heavy atom. The predicted octanol–water partition coefficient (Wildman–Crippen LogP) is 2.46. The molecule has 0 bridgehead atoms. The highest BCUT2D eigenvalue weighted by atomic mass is 19.4. The molecule has 0 unspecified atom stereocenters. The Bertz CT molecular complexity index is 298. The average Bonchev–Trinajstić information content (AvgIpc) is 2.30. The standard InChI is InChI=1S/C7H7F3N2/c1-4(2)5-3-11-12-6(5)7(8,9)10/h3H,1H2,2H3,(H,11,12). The third-order valence-corrected chi connectivity index (χ3v) is 1.38. The van der Waals surface area contributed by atoms with Gasteiger partial charge in [0.1, 0.15) is 5.69 Å². The summed E-state index contributed by atoms with van der Waals surface area (Å²) in [6, 6.07) is 0. The number of hydrogen-bond acceptors (Lipinski definition) is 1. The lowest BCUT2D eigenvalue weighted by atomic mass is 10.1. The summed E-state index contributed by atoms with van der Waals surface area (Å²) < 4.78 is 36.4. The van der Waals surface area contributed by atoms with Gasteiger partial charge in [-0.2, -0.15) is 18.3 Å². The van der Waals surface area contributed by atoms with Crippen LogP contribution in [0.2, 0.25) is 0 Å². The molecule has 0 saturated carbocycles. The Balaban J connectivity index is 3.17. The number of allylic oxidation sites excluding steroid dienone is 1. The van der Waals surface area contributed by atoms with Gasteiger partial charge in [-0.3, -0.25) is 5.10 Å². The highest BCUT2D eigenvalue weighted by Crippen LogP contribution is 2.32. The molecule has 0 saturated heterocycles. The maximum atomic E-state index is 12.1. The van der Waals surface area contributed by atoms with Crippen LogP contribution in [0.4, 0.5) is 13.2 Å².